The predicted octanol–water partition coefficient (Wildman–Crippen LogP) is 1.86. The topological polar surface area (TPSA) is 41.4 Å². The van der Waals surface area contributed by atoms with E-state index in [-0.39, 0.29) is 5.91 Å². The van der Waals surface area contributed by atoms with Gasteiger partial charge in [-0.3, -0.25) is 14.4 Å². The third kappa shape index (κ3) is 2.26. The van der Waals surface area contributed by atoms with Gasteiger partial charge in [0.1, 0.15) is 4.83 Å². The highest BCUT2D eigenvalue weighted by atomic mass is 32.1. The molecule has 0 N–H and O–H groups in total. The number of piperazine rings is 1. The van der Waals surface area contributed by atoms with Crippen LogP contribution in [0.5, 0.6) is 0 Å². The molecule has 5 nitrogen and oxygen atoms in total. The summed E-state index contributed by atoms with van der Waals surface area (Å²) in [4.78, 5) is 19.1. The van der Waals surface area contributed by atoms with Crippen LogP contribution in [0.2, 0.25) is 0 Å². The average molecular weight is 304 g/mol. The lowest BCUT2D eigenvalue weighted by Gasteiger charge is -2.34. The molecule has 0 bridgehead atoms. The molecular weight excluding hydrogens is 284 g/mol. The van der Waals surface area contributed by atoms with Gasteiger partial charge in [0.05, 0.1) is 10.6 Å². The standard InChI is InChI=1S/C15H20N4OS/c1-10-12-9-13(21-15(12)17(2)16-10)14(20)19-7-5-18(6-8-19)11-3-4-11/h9,11H,3-8H2,1-2H3. The van der Waals surface area contributed by atoms with Crippen LogP contribution < -0.4 is 0 Å². The van der Waals surface area contributed by atoms with E-state index in [4.69, 9.17) is 0 Å². The van der Waals surface area contributed by atoms with Gasteiger partial charge < -0.3 is 4.90 Å². The fourth-order valence-electron chi connectivity index (χ4n) is 3.20. The maximum absolute atomic E-state index is 12.7. The number of carbonyl (C=O) groups excluding carboxylic acids is 1. The summed E-state index contributed by atoms with van der Waals surface area (Å²) in [6.45, 7) is 5.78. The first-order valence-electron chi connectivity index (χ1n) is 7.60. The van der Waals surface area contributed by atoms with Gasteiger partial charge in [0.15, 0.2) is 0 Å². The molecule has 1 saturated carbocycles. The SMILES string of the molecule is Cc1nn(C)c2sc(C(=O)N3CCN(C4CC4)CC3)cc12. The minimum atomic E-state index is 0.186. The number of aromatic nitrogens is 2. The lowest BCUT2D eigenvalue weighted by molar-refractivity contribution is 0.0632. The van der Waals surface area contributed by atoms with Gasteiger partial charge in [0.2, 0.25) is 0 Å². The van der Waals surface area contributed by atoms with Crippen molar-refractivity contribution in [3.05, 3.63) is 16.6 Å². The summed E-state index contributed by atoms with van der Waals surface area (Å²) in [7, 11) is 1.94. The summed E-state index contributed by atoms with van der Waals surface area (Å²) in [5, 5.41) is 5.51. The van der Waals surface area contributed by atoms with E-state index in [1.54, 1.807) is 11.3 Å². The molecule has 0 unspecified atom stereocenters. The van der Waals surface area contributed by atoms with Crippen molar-refractivity contribution in [1.29, 1.82) is 0 Å². The molecule has 3 heterocycles. The smallest absolute Gasteiger partial charge is 0.264 e. The molecule has 1 aliphatic carbocycles. The Bertz CT molecular complexity index is 657. The number of aryl methyl sites for hydroxylation is 2. The number of hydrogen-bond acceptors (Lipinski definition) is 4. The Balaban J connectivity index is 1.52. The van der Waals surface area contributed by atoms with Gasteiger partial charge >= 0.3 is 0 Å². The van der Waals surface area contributed by atoms with Gasteiger partial charge in [-0.2, -0.15) is 5.10 Å². The Morgan fingerprint density at radius 2 is 2.00 bits per heavy atom. The van der Waals surface area contributed by atoms with Crippen molar-refractivity contribution >= 4 is 27.5 Å². The van der Waals surface area contributed by atoms with E-state index in [1.807, 2.05) is 29.6 Å². The summed E-state index contributed by atoms with van der Waals surface area (Å²) in [5.74, 6) is 0.186. The van der Waals surface area contributed by atoms with E-state index < -0.39 is 0 Å². The van der Waals surface area contributed by atoms with Gasteiger partial charge in [-0.25, -0.2) is 0 Å². The van der Waals surface area contributed by atoms with E-state index in [0.29, 0.717) is 0 Å². The van der Waals surface area contributed by atoms with Crippen molar-refractivity contribution in [1.82, 2.24) is 19.6 Å². The van der Waals surface area contributed by atoms with Gasteiger partial charge in [-0.15, -0.1) is 11.3 Å². The van der Waals surface area contributed by atoms with Crippen molar-refractivity contribution in [2.45, 2.75) is 25.8 Å². The number of hydrogen-bond donors (Lipinski definition) is 0. The summed E-state index contributed by atoms with van der Waals surface area (Å²) < 4.78 is 1.87. The Morgan fingerprint density at radius 1 is 1.29 bits per heavy atom. The zero-order valence-electron chi connectivity index (χ0n) is 12.5. The Kier molecular flexibility index (Phi) is 3.04. The highest BCUT2D eigenvalue weighted by Gasteiger charge is 2.32. The largest absolute Gasteiger partial charge is 0.335 e. The average Bonchev–Trinajstić information content (AvgIpc) is 3.18. The fraction of sp³-hybridized carbons (Fsp3) is 0.600. The summed E-state index contributed by atoms with van der Waals surface area (Å²) in [5.41, 5.74) is 1.00. The Labute approximate surface area is 128 Å². The van der Waals surface area contributed by atoms with E-state index >= 15 is 0 Å². The van der Waals surface area contributed by atoms with Gasteiger partial charge in [-0.1, -0.05) is 0 Å². The number of amides is 1. The molecule has 4 rings (SSSR count). The Morgan fingerprint density at radius 3 is 2.62 bits per heavy atom. The summed E-state index contributed by atoms with van der Waals surface area (Å²) in [6.07, 6.45) is 2.69. The molecule has 2 aromatic heterocycles. The monoisotopic (exact) mass is 304 g/mol. The van der Waals surface area contributed by atoms with Crippen LogP contribution in [0.25, 0.3) is 10.2 Å². The zero-order chi connectivity index (χ0) is 14.6. The molecule has 1 amide bonds. The van der Waals surface area contributed by atoms with Crippen LogP contribution in [0.4, 0.5) is 0 Å². The van der Waals surface area contributed by atoms with Crippen LogP contribution in [-0.2, 0) is 7.05 Å². The van der Waals surface area contributed by atoms with Crippen LogP contribution in [0, 0.1) is 6.92 Å². The highest BCUT2D eigenvalue weighted by molar-refractivity contribution is 7.20. The molecule has 112 valence electrons. The van der Waals surface area contributed by atoms with E-state index in [1.165, 1.54) is 12.8 Å². The molecule has 0 radical (unpaired) electrons. The predicted molar refractivity (Wildman–Crippen MR) is 83.8 cm³/mol. The van der Waals surface area contributed by atoms with Crippen molar-refractivity contribution in [3.8, 4) is 0 Å². The quantitative estimate of drug-likeness (QED) is 0.850. The van der Waals surface area contributed by atoms with Crippen LogP contribution >= 0.6 is 11.3 Å². The normalized spacial score (nSPS) is 20.4. The van der Waals surface area contributed by atoms with Crippen LogP contribution in [0.3, 0.4) is 0 Å². The van der Waals surface area contributed by atoms with E-state index in [0.717, 1.165) is 53.0 Å². The maximum Gasteiger partial charge on any atom is 0.264 e. The number of fused-ring (bicyclic) bond motifs is 1. The molecule has 0 atom stereocenters. The second-order valence-corrected chi connectivity index (χ2v) is 7.13. The van der Waals surface area contributed by atoms with Crippen LogP contribution in [0.15, 0.2) is 6.07 Å². The molecule has 2 fully saturated rings. The Hall–Kier alpha value is -1.40. The van der Waals surface area contributed by atoms with Crippen molar-refractivity contribution in [2.75, 3.05) is 26.2 Å². The molecule has 2 aliphatic rings. The molecule has 0 aromatic carbocycles. The first kappa shape index (κ1) is 13.3. The molecular formula is C15H20N4OS. The fourth-order valence-corrected chi connectivity index (χ4v) is 4.29. The number of carbonyl (C=O) groups is 1. The van der Waals surface area contributed by atoms with E-state index in [2.05, 4.69) is 10.00 Å². The van der Waals surface area contributed by atoms with Crippen molar-refractivity contribution in [2.24, 2.45) is 7.05 Å². The second-order valence-electron chi connectivity index (χ2n) is 6.10. The first-order chi connectivity index (χ1) is 10.1. The summed E-state index contributed by atoms with van der Waals surface area (Å²) in [6, 6.07) is 2.82. The molecule has 2 aromatic rings. The van der Waals surface area contributed by atoms with Crippen LogP contribution in [0.1, 0.15) is 28.2 Å². The van der Waals surface area contributed by atoms with Crippen molar-refractivity contribution < 1.29 is 4.79 Å². The second kappa shape index (κ2) is 4.81. The maximum atomic E-state index is 12.7. The zero-order valence-corrected chi connectivity index (χ0v) is 13.3. The lowest BCUT2D eigenvalue weighted by atomic mass is 10.2. The molecule has 1 aliphatic heterocycles. The third-order valence-corrected chi connectivity index (χ3v) is 5.76. The number of thiophene rings is 1. The molecule has 1 saturated heterocycles. The highest BCUT2D eigenvalue weighted by Crippen LogP contribution is 2.30. The van der Waals surface area contributed by atoms with Crippen LogP contribution in [-0.4, -0.2) is 57.7 Å². The number of rotatable bonds is 2. The summed E-state index contributed by atoms with van der Waals surface area (Å²) >= 11 is 1.56. The first-order valence-corrected chi connectivity index (χ1v) is 8.41. The lowest BCUT2D eigenvalue weighted by Crippen LogP contribution is -2.49. The van der Waals surface area contributed by atoms with Gasteiger partial charge in [0.25, 0.3) is 5.91 Å². The van der Waals surface area contributed by atoms with E-state index in [9.17, 15) is 4.79 Å². The minimum Gasteiger partial charge on any atom is -0.335 e. The molecule has 0 spiro atoms. The minimum absolute atomic E-state index is 0.186. The molecule has 21 heavy (non-hydrogen) atoms. The van der Waals surface area contributed by atoms with Crippen molar-refractivity contribution in [3.63, 3.8) is 0 Å². The van der Waals surface area contributed by atoms with Gasteiger partial charge in [0, 0.05) is 44.7 Å². The van der Waals surface area contributed by atoms with Gasteiger partial charge in [-0.05, 0) is 25.8 Å². The third-order valence-electron chi connectivity index (χ3n) is 4.57. The number of nitrogens with zero attached hydrogens (tertiary/aromatic N) is 4. The molecule has 6 heteroatoms.